The van der Waals surface area contributed by atoms with Gasteiger partial charge in [0.1, 0.15) is 0 Å². The van der Waals surface area contributed by atoms with Gasteiger partial charge in [0.05, 0.1) is 17.2 Å². The van der Waals surface area contributed by atoms with E-state index in [4.69, 9.17) is 11.0 Å². The summed E-state index contributed by atoms with van der Waals surface area (Å²) >= 11 is 0. The summed E-state index contributed by atoms with van der Waals surface area (Å²) in [6.45, 7) is 4.40. The van der Waals surface area contributed by atoms with E-state index in [0.717, 1.165) is 12.8 Å². The molecule has 0 bridgehead atoms. The Balaban J connectivity index is 2.60. The van der Waals surface area contributed by atoms with Gasteiger partial charge in [-0.1, -0.05) is 0 Å². The zero-order chi connectivity index (χ0) is 12.2. The van der Waals surface area contributed by atoms with E-state index in [-0.39, 0.29) is 16.7 Å². The van der Waals surface area contributed by atoms with Crippen LogP contribution in [0.3, 0.4) is 0 Å². The molecule has 0 unspecified atom stereocenters. The van der Waals surface area contributed by atoms with Gasteiger partial charge >= 0.3 is 0 Å². The fraction of sp³-hybridized carbons (Fsp3) is 0.500. The predicted octanol–water partition coefficient (Wildman–Crippen LogP) is 1.76. The molecule has 0 aliphatic heterocycles. The molecule has 1 heterocycles. The van der Waals surface area contributed by atoms with Crippen molar-refractivity contribution in [2.75, 3.05) is 5.73 Å². The molecule has 0 amide bonds. The zero-order valence-corrected chi connectivity index (χ0v) is 9.73. The molecule has 0 atom stereocenters. The van der Waals surface area contributed by atoms with Crippen LogP contribution in [-0.2, 0) is 6.54 Å². The number of hydrogen-bond donors (Lipinski definition) is 1. The first-order valence-corrected chi connectivity index (χ1v) is 5.32. The van der Waals surface area contributed by atoms with Gasteiger partial charge in [0.25, 0.3) is 5.56 Å². The van der Waals surface area contributed by atoms with Gasteiger partial charge in [0.15, 0.2) is 0 Å². The molecule has 4 nitrogen and oxygen atoms in total. The van der Waals surface area contributed by atoms with Crippen molar-refractivity contribution in [1.29, 1.82) is 5.26 Å². The Morgan fingerprint density at radius 2 is 2.25 bits per heavy atom. The van der Waals surface area contributed by atoms with Crippen molar-refractivity contribution in [2.24, 2.45) is 5.41 Å². The fourth-order valence-electron chi connectivity index (χ4n) is 1.48. The molecule has 2 N–H and O–H groups in total. The number of pyridine rings is 1. The number of anilines is 1. The van der Waals surface area contributed by atoms with Gasteiger partial charge in [-0.15, -0.1) is 0 Å². The first-order valence-electron chi connectivity index (χ1n) is 5.32. The van der Waals surface area contributed by atoms with Crippen molar-refractivity contribution in [2.45, 2.75) is 33.2 Å². The van der Waals surface area contributed by atoms with Crippen LogP contribution in [0.4, 0.5) is 5.69 Å². The molecule has 0 spiro atoms. The lowest BCUT2D eigenvalue weighted by molar-refractivity contribution is 0.413. The number of nitriles is 1. The maximum Gasteiger partial charge on any atom is 0.273 e. The van der Waals surface area contributed by atoms with Gasteiger partial charge in [-0.2, -0.15) is 5.26 Å². The highest BCUT2D eigenvalue weighted by Gasteiger charge is 2.15. The zero-order valence-electron chi connectivity index (χ0n) is 9.73. The maximum absolute atomic E-state index is 11.6. The second kappa shape index (κ2) is 4.84. The number of nitrogen functional groups attached to an aromatic ring is 1. The molecule has 0 saturated carbocycles. The second-order valence-corrected chi connectivity index (χ2v) is 4.56. The van der Waals surface area contributed by atoms with Crippen molar-refractivity contribution in [3.63, 3.8) is 0 Å². The average Bonchev–Trinajstić information content (AvgIpc) is 2.24. The summed E-state index contributed by atoms with van der Waals surface area (Å²) in [4.78, 5) is 11.6. The standard InChI is InChI=1S/C12H17N3O/c1-12(2,9-13)6-4-8-15-7-3-5-10(14)11(15)16/h3,5,7H,4,6,8,14H2,1-2H3. The van der Waals surface area contributed by atoms with Gasteiger partial charge in [0.2, 0.25) is 0 Å². The highest BCUT2D eigenvalue weighted by Crippen LogP contribution is 2.20. The summed E-state index contributed by atoms with van der Waals surface area (Å²) in [5.74, 6) is 0. The van der Waals surface area contributed by atoms with E-state index in [1.807, 2.05) is 13.8 Å². The summed E-state index contributed by atoms with van der Waals surface area (Å²) < 4.78 is 1.59. The minimum Gasteiger partial charge on any atom is -0.394 e. The quantitative estimate of drug-likeness (QED) is 0.838. The number of nitrogens with zero attached hydrogens (tertiary/aromatic N) is 2. The molecule has 0 aliphatic rings. The molecule has 0 radical (unpaired) electrons. The summed E-state index contributed by atoms with van der Waals surface area (Å²) in [5.41, 5.74) is 5.30. The van der Waals surface area contributed by atoms with E-state index in [2.05, 4.69) is 6.07 Å². The van der Waals surface area contributed by atoms with Crippen LogP contribution in [0.25, 0.3) is 0 Å². The van der Waals surface area contributed by atoms with Gasteiger partial charge in [-0.05, 0) is 38.8 Å². The lowest BCUT2D eigenvalue weighted by atomic mass is 9.90. The van der Waals surface area contributed by atoms with E-state index in [1.54, 1.807) is 22.9 Å². The Morgan fingerprint density at radius 3 is 2.88 bits per heavy atom. The average molecular weight is 219 g/mol. The van der Waals surface area contributed by atoms with Crippen molar-refractivity contribution in [3.8, 4) is 6.07 Å². The molecular weight excluding hydrogens is 202 g/mol. The monoisotopic (exact) mass is 219 g/mol. The lowest BCUT2D eigenvalue weighted by Gasteiger charge is -2.15. The first kappa shape index (κ1) is 12.3. The highest BCUT2D eigenvalue weighted by molar-refractivity contribution is 5.33. The second-order valence-electron chi connectivity index (χ2n) is 4.56. The van der Waals surface area contributed by atoms with Crippen molar-refractivity contribution in [1.82, 2.24) is 4.57 Å². The van der Waals surface area contributed by atoms with Gasteiger partial charge in [0, 0.05) is 12.7 Å². The summed E-state index contributed by atoms with van der Waals surface area (Å²) in [5, 5.41) is 8.85. The third-order valence-electron chi connectivity index (χ3n) is 2.55. The third kappa shape index (κ3) is 3.13. The first-order chi connectivity index (χ1) is 7.46. The summed E-state index contributed by atoms with van der Waals surface area (Å²) in [6.07, 6.45) is 3.28. The Kier molecular flexibility index (Phi) is 3.73. The third-order valence-corrected chi connectivity index (χ3v) is 2.55. The van der Waals surface area contributed by atoms with Crippen LogP contribution < -0.4 is 11.3 Å². The van der Waals surface area contributed by atoms with Crippen LogP contribution in [0.1, 0.15) is 26.7 Å². The molecule has 16 heavy (non-hydrogen) atoms. The van der Waals surface area contributed by atoms with Crippen LogP contribution in [0, 0.1) is 16.7 Å². The van der Waals surface area contributed by atoms with Crippen LogP contribution in [-0.4, -0.2) is 4.57 Å². The molecule has 0 saturated heterocycles. The van der Waals surface area contributed by atoms with Crippen molar-refractivity contribution >= 4 is 5.69 Å². The van der Waals surface area contributed by atoms with E-state index >= 15 is 0 Å². The van der Waals surface area contributed by atoms with E-state index in [9.17, 15) is 4.79 Å². The molecular formula is C12H17N3O. The van der Waals surface area contributed by atoms with Crippen LogP contribution in [0.2, 0.25) is 0 Å². The van der Waals surface area contributed by atoms with Crippen molar-refractivity contribution < 1.29 is 0 Å². The lowest BCUT2D eigenvalue weighted by Crippen LogP contribution is -2.22. The van der Waals surface area contributed by atoms with E-state index in [1.165, 1.54) is 0 Å². The van der Waals surface area contributed by atoms with E-state index in [0.29, 0.717) is 6.54 Å². The van der Waals surface area contributed by atoms with Gasteiger partial charge < -0.3 is 10.3 Å². The predicted molar refractivity (Wildman–Crippen MR) is 63.7 cm³/mol. The maximum atomic E-state index is 11.6. The summed E-state index contributed by atoms with van der Waals surface area (Å²) in [7, 11) is 0. The molecule has 1 aromatic rings. The minimum absolute atomic E-state index is 0.155. The Labute approximate surface area is 95.3 Å². The van der Waals surface area contributed by atoms with E-state index < -0.39 is 0 Å². The molecule has 1 rings (SSSR count). The highest BCUT2D eigenvalue weighted by atomic mass is 16.1. The fourth-order valence-corrected chi connectivity index (χ4v) is 1.48. The van der Waals surface area contributed by atoms with Gasteiger partial charge in [-0.25, -0.2) is 0 Å². The SMILES string of the molecule is CC(C)(C#N)CCCn1cccc(N)c1=O. The summed E-state index contributed by atoms with van der Waals surface area (Å²) in [6, 6.07) is 5.59. The number of nitrogens with two attached hydrogens (primary N) is 1. The van der Waals surface area contributed by atoms with Crippen LogP contribution in [0.15, 0.2) is 23.1 Å². The number of rotatable bonds is 4. The molecule has 86 valence electrons. The Hall–Kier alpha value is -1.76. The topological polar surface area (TPSA) is 71.8 Å². The van der Waals surface area contributed by atoms with Gasteiger partial charge in [-0.3, -0.25) is 4.79 Å². The smallest absolute Gasteiger partial charge is 0.273 e. The Bertz CT molecular complexity index is 454. The molecule has 0 aromatic carbocycles. The van der Waals surface area contributed by atoms with Crippen LogP contribution >= 0.6 is 0 Å². The number of hydrogen-bond acceptors (Lipinski definition) is 3. The molecule has 1 aromatic heterocycles. The largest absolute Gasteiger partial charge is 0.394 e. The molecule has 0 fully saturated rings. The molecule has 0 aliphatic carbocycles. The van der Waals surface area contributed by atoms with Crippen molar-refractivity contribution in [3.05, 3.63) is 28.7 Å². The number of aryl methyl sites for hydroxylation is 1. The molecule has 4 heteroatoms. The minimum atomic E-state index is -0.329. The normalized spacial score (nSPS) is 11.1. The van der Waals surface area contributed by atoms with Crippen LogP contribution in [0.5, 0.6) is 0 Å². The Morgan fingerprint density at radius 1 is 1.56 bits per heavy atom. The number of aromatic nitrogens is 1.